The van der Waals surface area contributed by atoms with E-state index in [2.05, 4.69) is 97.0 Å². The molecule has 0 bridgehead atoms. The molecule has 2 heterocycles. The molecule has 1 aliphatic carbocycles. The predicted molar refractivity (Wildman–Crippen MR) is 215 cm³/mol. The number of carbonyl (C=O) groups excluding carboxylic acids is 1. The van der Waals surface area contributed by atoms with Crippen LogP contribution in [0.4, 0.5) is 0 Å². The molecule has 0 unspecified atom stereocenters. The van der Waals surface area contributed by atoms with Crippen LogP contribution in [0.5, 0.6) is 0 Å². The van der Waals surface area contributed by atoms with Gasteiger partial charge in [-0.1, -0.05) is 93.0 Å². The number of furan rings is 1. The molecule has 5 aromatic rings. The third-order valence-corrected chi connectivity index (χ3v) is 12.2. The molecular weight excluding hydrogens is 819 g/mol. The van der Waals surface area contributed by atoms with Crippen LogP contribution in [0.15, 0.2) is 64.8 Å². The van der Waals surface area contributed by atoms with Gasteiger partial charge in [-0.25, -0.2) is 0 Å². The SMILES string of the molecule is CCC(C)(CC)C(=O)/C=C(\O)C(C)(CC)CC.Cc1cc(C)c2c(C)cc(-c3[c-]ccc4c3C(C)(C)c3c-4oc4ccc(C(C)C)cc34)nc2c1.[Ir]. The fraction of sp³-hybridized carbons (Fsp3) is 0.447. The fourth-order valence-electron chi connectivity index (χ4n) is 7.75. The number of allylic oxidation sites excluding steroid dienone is 2. The van der Waals surface area contributed by atoms with Gasteiger partial charge >= 0.3 is 0 Å². The molecule has 0 saturated heterocycles. The van der Waals surface area contributed by atoms with Crippen LogP contribution >= 0.6 is 0 Å². The summed E-state index contributed by atoms with van der Waals surface area (Å²) in [6, 6.07) is 21.0. The number of hydrogen-bond acceptors (Lipinski definition) is 4. The number of aliphatic hydroxyl groups excluding tert-OH is 1. The van der Waals surface area contributed by atoms with Crippen LogP contribution in [-0.4, -0.2) is 15.9 Å². The summed E-state index contributed by atoms with van der Waals surface area (Å²) in [4.78, 5) is 17.3. The molecule has 0 saturated carbocycles. The summed E-state index contributed by atoms with van der Waals surface area (Å²) < 4.78 is 6.49. The van der Waals surface area contributed by atoms with E-state index < -0.39 is 0 Å². The molecule has 1 N–H and O–H groups in total. The summed E-state index contributed by atoms with van der Waals surface area (Å²) in [5.41, 5.74) is 12.1. The van der Waals surface area contributed by atoms with Crippen LogP contribution in [0.3, 0.4) is 0 Å². The van der Waals surface area contributed by atoms with Crippen molar-refractivity contribution in [2.45, 2.75) is 127 Å². The van der Waals surface area contributed by atoms with Crippen molar-refractivity contribution in [3.63, 3.8) is 0 Å². The number of carbonyl (C=O) groups is 1. The molecule has 2 aromatic heterocycles. The Kier molecular flexibility index (Phi) is 12.2. The second-order valence-electron chi connectivity index (χ2n) is 16.2. The van der Waals surface area contributed by atoms with Crippen molar-refractivity contribution < 1.29 is 34.4 Å². The van der Waals surface area contributed by atoms with Gasteiger partial charge < -0.3 is 9.52 Å². The Balaban J connectivity index is 0.000000289. The Hall–Kier alpha value is -3.53. The van der Waals surface area contributed by atoms with Crippen molar-refractivity contribution in [1.82, 2.24) is 4.98 Å². The molecule has 0 aliphatic heterocycles. The number of fused-ring (bicyclic) bond motifs is 6. The van der Waals surface area contributed by atoms with Crippen LogP contribution in [-0.2, 0) is 30.3 Å². The van der Waals surface area contributed by atoms with E-state index in [0.717, 1.165) is 59.4 Å². The standard InChI is InChI=1S/C32H30NO.C15H28O2.Ir/c1-17(2)21-11-12-27-24(16-21)30-31(34-27)23-10-8-9-22(29(23)32(30,6)7)25-15-20(5)28-19(4)13-18(3)14-26(28)33-25;1-7-14(5,8-2)12(16)11-13(17)15(6,9-3)10-4;/h8,10-17H,1-7H3;11,16H,7-10H2,1-6H3;/q-1;;/b;12-11-;. The van der Waals surface area contributed by atoms with E-state index in [1.807, 2.05) is 47.6 Å². The van der Waals surface area contributed by atoms with E-state index >= 15 is 0 Å². The summed E-state index contributed by atoms with van der Waals surface area (Å²) in [6.45, 7) is 27.7. The molecule has 52 heavy (non-hydrogen) atoms. The van der Waals surface area contributed by atoms with Gasteiger partial charge in [0.25, 0.3) is 0 Å². The van der Waals surface area contributed by atoms with Crippen molar-refractivity contribution in [1.29, 1.82) is 0 Å². The minimum Gasteiger partial charge on any atom is -0.512 e. The van der Waals surface area contributed by atoms with Gasteiger partial charge in [-0.05, 0) is 104 Å². The Labute approximate surface area is 325 Å². The molecule has 3 aromatic carbocycles. The molecule has 1 radical (unpaired) electrons. The quantitative estimate of drug-likeness (QED) is 0.0910. The number of hydrogen-bond donors (Lipinski definition) is 1. The molecule has 0 amide bonds. The number of ketones is 1. The zero-order valence-electron chi connectivity index (χ0n) is 33.6. The molecule has 1 aliphatic rings. The minimum atomic E-state index is -0.337. The van der Waals surface area contributed by atoms with Gasteiger partial charge in [0, 0.05) is 53.3 Å². The van der Waals surface area contributed by atoms with Gasteiger partial charge in [-0.2, -0.15) is 0 Å². The van der Waals surface area contributed by atoms with Crippen LogP contribution in [0.25, 0.3) is 44.5 Å². The van der Waals surface area contributed by atoms with Gasteiger partial charge in [0.1, 0.15) is 17.1 Å². The van der Waals surface area contributed by atoms with Crippen molar-refractivity contribution >= 4 is 27.7 Å². The number of aryl methyl sites for hydroxylation is 3. The first-order chi connectivity index (χ1) is 24.0. The molecular formula is C47H58IrNO3-. The number of pyridine rings is 1. The normalized spacial score (nSPS) is 13.8. The Morgan fingerprint density at radius 1 is 0.904 bits per heavy atom. The van der Waals surface area contributed by atoms with Crippen molar-refractivity contribution in [2.75, 3.05) is 0 Å². The van der Waals surface area contributed by atoms with Gasteiger partial charge in [0.2, 0.25) is 0 Å². The number of rotatable bonds is 9. The topological polar surface area (TPSA) is 63.3 Å². The van der Waals surface area contributed by atoms with Gasteiger partial charge in [0.15, 0.2) is 5.78 Å². The van der Waals surface area contributed by atoms with Gasteiger partial charge in [-0.15, -0.1) is 29.3 Å². The van der Waals surface area contributed by atoms with Gasteiger partial charge in [-0.3, -0.25) is 9.78 Å². The second-order valence-corrected chi connectivity index (χ2v) is 16.2. The number of aliphatic hydroxyl groups is 1. The monoisotopic (exact) mass is 877 g/mol. The van der Waals surface area contributed by atoms with Crippen LogP contribution in [0, 0.1) is 37.7 Å². The van der Waals surface area contributed by atoms with E-state index in [1.165, 1.54) is 50.2 Å². The maximum absolute atomic E-state index is 12.2. The fourth-order valence-corrected chi connectivity index (χ4v) is 7.75. The molecule has 6 rings (SSSR count). The zero-order valence-corrected chi connectivity index (χ0v) is 36.0. The van der Waals surface area contributed by atoms with E-state index in [9.17, 15) is 9.90 Å². The third-order valence-electron chi connectivity index (χ3n) is 12.2. The van der Waals surface area contributed by atoms with Crippen LogP contribution < -0.4 is 0 Å². The summed E-state index contributed by atoms with van der Waals surface area (Å²) in [7, 11) is 0. The zero-order chi connectivity index (χ0) is 37.6. The molecule has 5 heteroatoms. The summed E-state index contributed by atoms with van der Waals surface area (Å²) in [6.07, 6.45) is 4.75. The van der Waals surface area contributed by atoms with E-state index in [-0.39, 0.29) is 47.9 Å². The number of benzene rings is 3. The Bertz CT molecular complexity index is 2140. The van der Waals surface area contributed by atoms with Crippen LogP contribution in [0.2, 0.25) is 0 Å². The molecule has 279 valence electrons. The smallest absolute Gasteiger partial charge is 0.164 e. The Morgan fingerprint density at radius 2 is 1.52 bits per heavy atom. The molecule has 0 fully saturated rings. The molecule has 4 nitrogen and oxygen atoms in total. The number of nitrogens with zero attached hydrogens (tertiary/aromatic N) is 1. The van der Waals surface area contributed by atoms with E-state index in [1.54, 1.807) is 0 Å². The maximum atomic E-state index is 12.2. The van der Waals surface area contributed by atoms with Crippen LogP contribution in [0.1, 0.15) is 134 Å². The summed E-state index contributed by atoms with van der Waals surface area (Å²) >= 11 is 0. The Morgan fingerprint density at radius 3 is 2.12 bits per heavy atom. The summed E-state index contributed by atoms with van der Waals surface area (Å²) in [5.74, 6) is 1.76. The van der Waals surface area contributed by atoms with Crippen molar-refractivity contribution in [3.8, 4) is 22.6 Å². The van der Waals surface area contributed by atoms with Crippen molar-refractivity contribution in [2.24, 2.45) is 10.8 Å². The third kappa shape index (κ3) is 7.21. The minimum absolute atomic E-state index is 0. The molecule has 0 atom stereocenters. The van der Waals surface area contributed by atoms with E-state index in [4.69, 9.17) is 9.40 Å². The van der Waals surface area contributed by atoms with Crippen molar-refractivity contribution in [3.05, 3.63) is 99.8 Å². The number of aromatic nitrogens is 1. The average molecular weight is 877 g/mol. The predicted octanol–water partition coefficient (Wildman–Crippen LogP) is 13.5. The first-order valence-electron chi connectivity index (χ1n) is 18.9. The average Bonchev–Trinajstić information content (AvgIpc) is 3.59. The largest absolute Gasteiger partial charge is 0.512 e. The first kappa shape index (κ1) is 41.2. The van der Waals surface area contributed by atoms with E-state index in [0.29, 0.717) is 5.92 Å². The summed E-state index contributed by atoms with van der Waals surface area (Å²) in [5, 5.41) is 12.6. The first-order valence-corrected chi connectivity index (χ1v) is 18.9. The second kappa shape index (κ2) is 15.4. The molecule has 0 spiro atoms. The van der Waals surface area contributed by atoms with Gasteiger partial charge in [0.05, 0.1) is 5.52 Å². The maximum Gasteiger partial charge on any atom is 0.164 e.